The average Bonchev–Trinajstić information content (AvgIpc) is 2.96. The van der Waals surface area contributed by atoms with E-state index >= 15 is 0 Å². The molecule has 2 N–H and O–H groups in total. The molecule has 0 aliphatic heterocycles. The first kappa shape index (κ1) is 39.1. The van der Waals surface area contributed by atoms with Gasteiger partial charge in [-0.05, 0) is 54.7 Å². The van der Waals surface area contributed by atoms with Gasteiger partial charge in [0.05, 0.1) is 6.61 Å². The second kappa shape index (κ2) is 23.5. The molecular weight excluding hydrogens is 536 g/mol. The van der Waals surface area contributed by atoms with E-state index in [9.17, 15) is 14.7 Å². The molecule has 248 valence electrons. The van der Waals surface area contributed by atoms with Gasteiger partial charge in [0.2, 0.25) is 0 Å². The number of rotatable bonds is 26. The maximum Gasteiger partial charge on any atom is 0.316 e. The number of Topliss-reactive ketones (excluding diaryl/α,β-unsaturated/α-hetero) is 1. The van der Waals surface area contributed by atoms with Gasteiger partial charge in [-0.25, -0.2) is 0 Å². The number of phenolic OH excluding ortho intramolecular Hbond substituents is 1. The lowest BCUT2D eigenvalue weighted by Gasteiger charge is -2.22. The summed E-state index contributed by atoms with van der Waals surface area (Å²) in [6.45, 7) is 10.3. The summed E-state index contributed by atoms with van der Waals surface area (Å²) < 4.78 is 5.17. The van der Waals surface area contributed by atoms with Crippen LogP contribution in [0.4, 0.5) is 0 Å². The Balaban J connectivity index is 2.30. The van der Waals surface area contributed by atoms with Crippen LogP contribution in [0.15, 0.2) is 12.1 Å². The van der Waals surface area contributed by atoms with Crippen molar-refractivity contribution in [1.29, 1.82) is 0 Å². The molecule has 0 saturated carbocycles. The van der Waals surface area contributed by atoms with Crippen LogP contribution in [0, 0.1) is 12.8 Å². The molecule has 0 bridgehead atoms. The minimum Gasteiger partial charge on any atom is -0.507 e. The molecule has 43 heavy (non-hydrogen) atoms. The number of phenols is 1. The van der Waals surface area contributed by atoms with Crippen molar-refractivity contribution in [3.05, 3.63) is 28.8 Å². The van der Waals surface area contributed by atoms with Crippen LogP contribution in [0.2, 0.25) is 0 Å². The molecule has 1 atom stereocenters. The first-order valence-corrected chi connectivity index (χ1v) is 17.7. The Hall–Kier alpha value is -1.88. The Labute approximate surface area is 264 Å². The van der Waals surface area contributed by atoms with Crippen LogP contribution in [-0.4, -0.2) is 35.2 Å². The van der Waals surface area contributed by atoms with E-state index in [0.717, 1.165) is 56.1 Å². The van der Waals surface area contributed by atoms with Gasteiger partial charge in [-0.1, -0.05) is 143 Å². The monoisotopic (exact) mass is 602 g/mol. The first-order chi connectivity index (χ1) is 20.6. The van der Waals surface area contributed by atoms with Gasteiger partial charge >= 0.3 is 5.97 Å². The fourth-order valence-electron chi connectivity index (χ4n) is 5.93. The Kier molecular flexibility index (Phi) is 21.4. The quantitative estimate of drug-likeness (QED) is 0.0626. The number of aliphatic hydroxyl groups is 1. The summed E-state index contributed by atoms with van der Waals surface area (Å²) in [4.78, 5) is 25.6. The van der Waals surface area contributed by atoms with E-state index in [1.165, 1.54) is 82.6 Å². The van der Waals surface area contributed by atoms with Crippen LogP contribution >= 0.6 is 0 Å². The normalized spacial score (nSPS) is 12.4. The van der Waals surface area contributed by atoms with Crippen molar-refractivity contribution in [2.75, 3.05) is 13.2 Å². The predicted molar refractivity (Wildman–Crippen MR) is 180 cm³/mol. The lowest BCUT2D eigenvalue weighted by molar-refractivity contribution is -0.153. The number of aliphatic hydroxyl groups excluding tert-OH is 1. The van der Waals surface area contributed by atoms with E-state index in [-0.39, 0.29) is 24.4 Å². The Morgan fingerprint density at radius 1 is 0.767 bits per heavy atom. The van der Waals surface area contributed by atoms with Crippen molar-refractivity contribution in [2.24, 2.45) is 5.92 Å². The van der Waals surface area contributed by atoms with Gasteiger partial charge in [-0.3, -0.25) is 9.59 Å². The van der Waals surface area contributed by atoms with Crippen molar-refractivity contribution >= 4 is 11.8 Å². The highest BCUT2D eigenvalue weighted by Gasteiger charge is 2.27. The van der Waals surface area contributed by atoms with E-state index in [1.807, 2.05) is 6.92 Å². The van der Waals surface area contributed by atoms with Gasteiger partial charge in [0.25, 0.3) is 0 Å². The Morgan fingerprint density at radius 2 is 1.28 bits per heavy atom. The number of esters is 1. The molecule has 0 aliphatic rings. The Bertz CT molecular complexity index is 885. The predicted octanol–water partition coefficient (Wildman–Crippen LogP) is 10.1. The first-order valence-electron chi connectivity index (χ1n) is 17.7. The molecule has 5 nitrogen and oxygen atoms in total. The summed E-state index contributed by atoms with van der Waals surface area (Å²) in [6.07, 6.45) is 23.7. The maximum atomic E-state index is 13.0. The zero-order valence-electron chi connectivity index (χ0n) is 28.6. The molecule has 1 rings (SSSR count). The smallest absolute Gasteiger partial charge is 0.316 e. The molecule has 0 heterocycles. The van der Waals surface area contributed by atoms with Crippen LogP contribution in [0.1, 0.15) is 173 Å². The number of carbonyl (C=O) groups is 2. The topological polar surface area (TPSA) is 83.8 Å². The second-order valence-electron chi connectivity index (χ2n) is 13.8. The zero-order chi connectivity index (χ0) is 31.9. The van der Waals surface area contributed by atoms with E-state index < -0.39 is 11.9 Å². The molecule has 1 unspecified atom stereocenters. The van der Waals surface area contributed by atoms with Crippen LogP contribution in [0.3, 0.4) is 0 Å². The number of carbonyl (C=O) groups excluding carboxylic acids is 2. The lowest BCUT2D eigenvalue weighted by atomic mass is 9.83. The van der Waals surface area contributed by atoms with Crippen molar-refractivity contribution in [3.63, 3.8) is 0 Å². The average molecular weight is 603 g/mol. The van der Waals surface area contributed by atoms with Gasteiger partial charge < -0.3 is 14.9 Å². The maximum absolute atomic E-state index is 13.0. The van der Waals surface area contributed by atoms with E-state index in [0.29, 0.717) is 18.6 Å². The molecule has 0 aliphatic carbocycles. The fourth-order valence-corrected chi connectivity index (χ4v) is 5.93. The van der Waals surface area contributed by atoms with Crippen LogP contribution < -0.4 is 0 Å². The lowest BCUT2D eigenvalue weighted by Crippen LogP contribution is -2.27. The summed E-state index contributed by atoms with van der Waals surface area (Å²) in [7, 11) is 0. The van der Waals surface area contributed by atoms with Crippen LogP contribution in [0.25, 0.3) is 0 Å². The van der Waals surface area contributed by atoms with Gasteiger partial charge in [-0.15, -0.1) is 0 Å². The molecule has 0 amide bonds. The number of unbranched alkanes of at least 4 members (excludes halogenated alkanes) is 16. The number of ether oxygens (including phenoxy) is 1. The largest absolute Gasteiger partial charge is 0.507 e. The summed E-state index contributed by atoms with van der Waals surface area (Å²) in [5, 5.41) is 19.6. The van der Waals surface area contributed by atoms with Crippen molar-refractivity contribution in [2.45, 2.75) is 175 Å². The van der Waals surface area contributed by atoms with Gasteiger partial charge in [0.15, 0.2) is 0 Å². The zero-order valence-corrected chi connectivity index (χ0v) is 28.6. The van der Waals surface area contributed by atoms with E-state index in [4.69, 9.17) is 9.84 Å². The summed E-state index contributed by atoms with van der Waals surface area (Å²) >= 11 is 0. The van der Waals surface area contributed by atoms with Gasteiger partial charge in [0.1, 0.15) is 24.1 Å². The third kappa shape index (κ3) is 17.9. The molecule has 1 aromatic carbocycles. The molecule has 0 saturated heterocycles. The minimum atomic E-state index is -0.721. The minimum absolute atomic E-state index is 0.0124. The van der Waals surface area contributed by atoms with Gasteiger partial charge in [0, 0.05) is 6.42 Å². The summed E-state index contributed by atoms with van der Waals surface area (Å²) in [6, 6.07) is 4.17. The fraction of sp³-hybridized carbons (Fsp3) is 0.789. The third-order valence-electron chi connectivity index (χ3n) is 8.66. The molecule has 1 aromatic rings. The third-order valence-corrected chi connectivity index (χ3v) is 8.66. The number of aryl methyl sites for hydroxylation is 2. The number of hydrogen-bond donors (Lipinski definition) is 2. The highest BCUT2D eigenvalue weighted by Crippen LogP contribution is 2.34. The number of aromatic hydroxyl groups is 1. The standard InChI is InChI=1S/C38H66O5/c1-6-7-8-9-10-11-12-13-14-15-16-17-18-19-23-26-35(40)33(37(42)43-28-27-39)25-22-20-21-24-32-29-31(2)36(41)34(30-32)38(3,4)5/h29-30,33,39,41H,6-28H2,1-5H3. The van der Waals surface area contributed by atoms with Crippen LogP contribution in [0.5, 0.6) is 5.75 Å². The van der Waals surface area contributed by atoms with Crippen molar-refractivity contribution in [1.82, 2.24) is 0 Å². The second-order valence-corrected chi connectivity index (χ2v) is 13.8. The summed E-state index contributed by atoms with van der Waals surface area (Å²) in [5.74, 6) is -0.833. The van der Waals surface area contributed by atoms with E-state index in [2.05, 4.69) is 39.8 Å². The molecule has 0 fully saturated rings. The molecule has 0 aromatic heterocycles. The molecular formula is C38H66O5. The van der Waals surface area contributed by atoms with Crippen molar-refractivity contribution in [3.8, 4) is 5.75 Å². The molecule has 0 spiro atoms. The van der Waals surface area contributed by atoms with Crippen LogP contribution in [-0.2, 0) is 26.2 Å². The Morgan fingerprint density at radius 3 is 1.79 bits per heavy atom. The van der Waals surface area contributed by atoms with E-state index in [1.54, 1.807) is 0 Å². The van der Waals surface area contributed by atoms with Gasteiger partial charge in [-0.2, -0.15) is 0 Å². The number of hydrogen-bond acceptors (Lipinski definition) is 5. The number of ketones is 1. The molecule has 5 heteroatoms. The highest BCUT2D eigenvalue weighted by molar-refractivity contribution is 5.98. The number of benzene rings is 1. The highest BCUT2D eigenvalue weighted by atomic mass is 16.5. The summed E-state index contributed by atoms with van der Waals surface area (Å²) in [5.41, 5.74) is 2.96. The van der Waals surface area contributed by atoms with Crippen molar-refractivity contribution < 1.29 is 24.5 Å². The SMILES string of the molecule is CCCCCCCCCCCCCCCCCC(=O)C(CCCCCc1cc(C)c(O)c(C(C)(C)C)c1)C(=O)OCCO. The molecule has 0 radical (unpaired) electrons.